The fourth-order valence-electron chi connectivity index (χ4n) is 5.08. The highest BCUT2D eigenvalue weighted by Gasteiger charge is 2.41. The van der Waals surface area contributed by atoms with Crippen molar-refractivity contribution >= 4 is 40.2 Å². The van der Waals surface area contributed by atoms with Crippen LogP contribution in [0.3, 0.4) is 0 Å². The van der Waals surface area contributed by atoms with Crippen LogP contribution >= 0.6 is 23.4 Å². The molecule has 1 aliphatic heterocycles. The molecule has 1 fully saturated rings. The Labute approximate surface area is 234 Å². The maximum Gasteiger partial charge on any atom is 0.417 e. The fraction of sp³-hybridized carbons (Fsp3) is 0.429. The summed E-state index contributed by atoms with van der Waals surface area (Å²) in [6, 6.07) is 10.8. The van der Waals surface area contributed by atoms with Crippen LogP contribution < -0.4 is 4.74 Å². The molecule has 210 valence electrons. The van der Waals surface area contributed by atoms with E-state index in [1.165, 1.54) is 18.3 Å². The molecular formula is C28H30ClF3N2O4S. The Morgan fingerprint density at radius 3 is 2.62 bits per heavy atom. The lowest BCUT2D eigenvalue weighted by atomic mass is 9.74. The van der Waals surface area contributed by atoms with Gasteiger partial charge in [-0.15, -0.1) is 11.8 Å². The Morgan fingerprint density at radius 1 is 1.23 bits per heavy atom. The minimum absolute atomic E-state index is 0.191. The van der Waals surface area contributed by atoms with Crippen LogP contribution in [-0.4, -0.2) is 58.6 Å². The van der Waals surface area contributed by atoms with Gasteiger partial charge in [0, 0.05) is 34.3 Å². The average Bonchev–Trinajstić information content (AvgIpc) is 2.91. The van der Waals surface area contributed by atoms with Gasteiger partial charge in [0.15, 0.2) is 0 Å². The first-order chi connectivity index (χ1) is 18.5. The molecule has 0 amide bonds. The molecule has 39 heavy (non-hydrogen) atoms. The zero-order valence-corrected chi connectivity index (χ0v) is 23.0. The summed E-state index contributed by atoms with van der Waals surface area (Å²) in [6.45, 7) is 1.58. The molecule has 1 atom stereocenters. The standard InChI is InChI=1S/C28H30ClF3N2O4S/c1-38-18-6-7-22-19(16-18)25(21(29)17-33-22)23(35)8-9-27(26(36)37)10-12-34(13-11-27)14-15-39-24-5-3-2-4-20(24)28(30,31)32/h2-7,16-17,23,35H,8-15H2,1H3,(H,36,37)/t23-/m1/s1. The van der Waals surface area contributed by atoms with E-state index < -0.39 is 29.2 Å². The Morgan fingerprint density at radius 2 is 1.95 bits per heavy atom. The van der Waals surface area contributed by atoms with E-state index in [-0.39, 0.29) is 17.7 Å². The summed E-state index contributed by atoms with van der Waals surface area (Å²) in [5.41, 5.74) is -0.501. The first-order valence-corrected chi connectivity index (χ1v) is 14.0. The van der Waals surface area contributed by atoms with E-state index in [4.69, 9.17) is 16.3 Å². The van der Waals surface area contributed by atoms with Gasteiger partial charge in [0.2, 0.25) is 0 Å². The average molecular weight is 583 g/mol. The van der Waals surface area contributed by atoms with Gasteiger partial charge >= 0.3 is 12.1 Å². The first kappa shape index (κ1) is 29.5. The molecule has 2 N–H and O–H groups in total. The number of benzene rings is 2. The Hall–Kier alpha value is -2.53. The lowest BCUT2D eigenvalue weighted by Crippen LogP contribution is -2.45. The SMILES string of the molecule is COc1ccc2ncc(Cl)c([C@H](O)CCC3(C(=O)O)CCN(CCSc4ccccc4C(F)(F)F)CC3)c2c1. The number of ether oxygens (including phenoxy) is 1. The fourth-order valence-corrected chi connectivity index (χ4v) is 6.44. The number of nitrogens with zero attached hydrogens (tertiary/aromatic N) is 2. The van der Waals surface area contributed by atoms with Gasteiger partial charge in [0.05, 0.1) is 34.7 Å². The molecule has 3 aromatic rings. The van der Waals surface area contributed by atoms with Crippen molar-refractivity contribution in [3.63, 3.8) is 0 Å². The van der Waals surface area contributed by atoms with E-state index in [0.717, 1.165) is 17.8 Å². The van der Waals surface area contributed by atoms with Gasteiger partial charge in [0.1, 0.15) is 5.75 Å². The number of thioether (sulfide) groups is 1. The molecule has 0 unspecified atom stereocenters. The van der Waals surface area contributed by atoms with Crippen molar-refractivity contribution in [2.24, 2.45) is 5.41 Å². The van der Waals surface area contributed by atoms with E-state index in [2.05, 4.69) is 9.88 Å². The predicted octanol–water partition coefficient (Wildman–Crippen LogP) is 6.69. The van der Waals surface area contributed by atoms with Crippen LogP contribution in [0.2, 0.25) is 5.02 Å². The minimum atomic E-state index is -4.40. The topological polar surface area (TPSA) is 82.9 Å². The molecule has 1 saturated heterocycles. The largest absolute Gasteiger partial charge is 0.497 e. The van der Waals surface area contributed by atoms with Crippen molar-refractivity contribution in [1.82, 2.24) is 9.88 Å². The highest BCUT2D eigenvalue weighted by atomic mass is 35.5. The van der Waals surface area contributed by atoms with Crippen molar-refractivity contribution in [3.05, 3.63) is 64.8 Å². The summed E-state index contributed by atoms with van der Waals surface area (Å²) in [6.07, 6.45) is -2.68. The van der Waals surface area contributed by atoms with Gasteiger partial charge in [-0.1, -0.05) is 23.7 Å². The lowest BCUT2D eigenvalue weighted by Gasteiger charge is -2.39. The third-order valence-electron chi connectivity index (χ3n) is 7.42. The second-order valence-corrected chi connectivity index (χ2v) is 11.3. The van der Waals surface area contributed by atoms with E-state index in [9.17, 15) is 28.2 Å². The van der Waals surface area contributed by atoms with Crippen LogP contribution in [0.1, 0.15) is 42.9 Å². The molecule has 0 spiro atoms. The van der Waals surface area contributed by atoms with Gasteiger partial charge in [-0.25, -0.2) is 0 Å². The van der Waals surface area contributed by atoms with Crippen molar-refractivity contribution in [2.75, 3.05) is 32.5 Å². The van der Waals surface area contributed by atoms with Crippen molar-refractivity contribution in [1.29, 1.82) is 0 Å². The monoisotopic (exact) mass is 582 g/mol. The summed E-state index contributed by atoms with van der Waals surface area (Å²) in [5.74, 6) is 0.146. The minimum Gasteiger partial charge on any atom is -0.497 e. The first-order valence-electron chi connectivity index (χ1n) is 12.6. The predicted molar refractivity (Wildman–Crippen MR) is 145 cm³/mol. The summed E-state index contributed by atoms with van der Waals surface area (Å²) in [4.78, 5) is 18.9. The van der Waals surface area contributed by atoms with Gasteiger partial charge in [-0.2, -0.15) is 13.2 Å². The van der Waals surface area contributed by atoms with Gasteiger partial charge in [-0.05, 0) is 69.1 Å². The molecule has 0 saturated carbocycles. The number of aliphatic carboxylic acids is 1. The van der Waals surface area contributed by atoms with E-state index in [1.807, 2.05) is 0 Å². The number of rotatable bonds is 10. The summed E-state index contributed by atoms with van der Waals surface area (Å²) < 4.78 is 45.0. The van der Waals surface area contributed by atoms with E-state index in [1.54, 1.807) is 31.4 Å². The van der Waals surface area contributed by atoms with E-state index >= 15 is 0 Å². The molecule has 0 aliphatic carbocycles. The van der Waals surface area contributed by atoms with Crippen molar-refractivity contribution in [3.8, 4) is 5.75 Å². The highest BCUT2D eigenvalue weighted by molar-refractivity contribution is 7.99. The van der Waals surface area contributed by atoms with Crippen molar-refractivity contribution in [2.45, 2.75) is 42.9 Å². The van der Waals surface area contributed by atoms with Crippen LogP contribution in [0.15, 0.2) is 53.6 Å². The number of carbonyl (C=O) groups is 1. The highest BCUT2D eigenvalue weighted by Crippen LogP contribution is 2.41. The number of fused-ring (bicyclic) bond motifs is 1. The molecule has 0 radical (unpaired) electrons. The quantitative estimate of drug-likeness (QED) is 0.258. The zero-order chi connectivity index (χ0) is 28.2. The van der Waals surface area contributed by atoms with Crippen molar-refractivity contribution < 1.29 is 32.9 Å². The third-order valence-corrected chi connectivity index (χ3v) is 8.78. The van der Waals surface area contributed by atoms with Crippen LogP contribution in [0.25, 0.3) is 10.9 Å². The second-order valence-electron chi connectivity index (χ2n) is 9.73. The number of pyridine rings is 1. The third kappa shape index (κ3) is 6.80. The molecular weight excluding hydrogens is 553 g/mol. The number of hydrogen-bond donors (Lipinski definition) is 2. The Bertz CT molecular complexity index is 1320. The zero-order valence-electron chi connectivity index (χ0n) is 21.4. The van der Waals surface area contributed by atoms with Gasteiger partial charge < -0.3 is 19.8 Å². The smallest absolute Gasteiger partial charge is 0.417 e. The number of hydrogen-bond acceptors (Lipinski definition) is 6. The Kier molecular flexibility index (Phi) is 9.31. The molecule has 2 heterocycles. The molecule has 1 aliphatic rings. The van der Waals surface area contributed by atoms with Crippen LogP contribution in [0.5, 0.6) is 5.75 Å². The maximum atomic E-state index is 13.2. The summed E-state index contributed by atoms with van der Waals surface area (Å²) in [5, 5.41) is 22.2. The number of carboxylic acids is 1. The normalized spacial score (nSPS) is 16.8. The van der Waals surface area contributed by atoms with Crippen LogP contribution in [-0.2, 0) is 11.0 Å². The molecule has 11 heteroatoms. The van der Waals surface area contributed by atoms with Gasteiger partial charge in [-0.3, -0.25) is 9.78 Å². The number of carboxylic acid groups (broad SMARTS) is 1. The van der Waals surface area contributed by atoms with Gasteiger partial charge in [0.25, 0.3) is 0 Å². The molecule has 6 nitrogen and oxygen atoms in total. The number of aliphatic hydroxyl groups excluding tert-OH is 1. The molecule has 1 aromatic heterocycles. The number of alkyl halides is 3. The van der Waals surface area contributed by atoms with Crippen LogP contribution in [0, 0.1) is 5.41 Å². The summed E-state index contributed by atoms with van der Waals surface area (Å²) >= 11 is 7.56. The second kappa shape index (κ2) is 12.3. The maximum absolute atomic E-state index is 13.2. The number of aliphatic hydroxyl groups is 1. The van der Waals surface area contributed by atoms with E-state index in [0.29, 0.717) is 65.5 Å². The summed E-state index contributed by atoms with van der Waals surface area (Å²) in [7, 11) is 1.54. The number of aromatic nitrogens is 1. The Balaban J connectivity index is 1.37. The molecule has 0 bridgehead atoms. The number of piperidine rings is 1. The number of methoxy groups -OCH3 is 1. The van der Waals surface area contributed by atoms with Crippen LogP contribution in [0.4, 0.5) is 13.2 Å². The molecule has 4 rings (SSSR count). The number of halogens is 4. The lowest BCUT2D eigenvalue weighted by molar-refractivity contribution is -0.153. The number of likely N-dealkylation sites (tertiary alicyclic amines) is 1. The molecule has 2 aromatic carbocycles.